The molecule has 0 N–H and O–H groups in total. The molecule has 3 heteroatoms. The highest BCUT2D eigenvalue weighted by Gasteiger charge is 2.12. The number of ether oxygens (including phenoxy) is 1. The van der Waals surface area contributed by atoms with E-state index in [-0.39, 0.29) is 0 Å². The third-order valence-electron chi connectivity index (χ3n) is 2.63. The fraction of sp³-hybridized carbons (Fsp3) is 0.250. The lowest BCUT2D eigenvalue weighted by Crippen LogP contribution is -2.07. The molecule has 0 unspecified atom stereocenters. The lowest BCUT2D eigenvalue weighted by Gasteiger charge is -2.17. The summed E-state index contributed by atoms with van der Waals surface area (Å²) < 4.78 is 10.7. The standard InChI is InChI=1S/C12H11NO2/c1-2-9-8-10(12-5-6-13-15-12)3-4-11(9)14-7-1/h3-6,8H,1-2,7H2. The molecule has 1 aromatic carbocycles. The van der Waals surface area contributed by atoms with Crippen molar-refractivity contribution < 1.29 is 9.26 Å². The molecule has 76 valence electrons. The topological polar surface area (TPSA) is 35.3 Å². The molecule has 0 aliphatic carbocycles. The van der Waals surface area contributed by atoms with Gasteiger partial charge in [0.2, 0.25) is 0 Å². The summed E-state index contributed by atoms with van der Waals surface area (Å²) >= 11 is 0. The van der Waals surface area contributed by atoms with Crippen molar-refractivity contribution in [2.24, 2.45) is 0 Å². The van der Waals surface area contributed by atoms with Gasteiger partial charge in [-0.3, -0.25) is 0 Å². The minimum atomic E-state index is 0.809. The highest BCUT2D eigenvalue weighted by atomic mass is 16.5. The van der Waals surface area contributed by atoms with Crippen molar-refractivity contribution in [2.45, 2.75) is 12.8 Å². The van der Waals surface area contributed by atoms with Crippen LogP contribution in [0.2, 0.25) is 0 Å². The van der Waals surface area contributed by atoms with Crippen LogP contribution in [0.15, 0.2) is 35.0 Å². The van der Waals surface area contributed by atoms with Gasteiger partial charge >= 0.3 is 0 Å². The predicted molar refractivity (Wildman–Crippen MR) is 55.8 cm³/mol. The Balaban J connectivity index is 2.04. The van der Waals surface area contributed by atoms with Gasteiger partial charge in [-0.05, 0) is 36.6 Å². The molecule has 0 amide bonds. The summed E-state index contributed by atoms with van der Waals surface area (Å²) in [7, 11) is 0. The van der Waals surface area contributed by atoms with Gasteiger partial charge in [-0.2, -0.15) is 0 Å². The molecular weight excluding hydrogens is 190 g/mol. The maximum Gasteiger partial charge on any atom is 0.166 e. The molecule has 0 atom stereocenters. The summed E-state index contributed by atoms with van der Waals surface area (Å²) in [6.07, 6.45) is 3.83. The minimum Gasteiger partial charge on any atom is -0.493 e. The van der Waals surface area contributed by atoms with E-state index in [4.69, 9.17) is 9.26 Å². The van der Waals surface area contributed by atoms with E-state index in [0.717, 1.165) is 36.5 Å². The Hall–Kier alpha value is -1.77. The maximum absolute atomic E-state index is 5.55. The lowest BCUT2D eigenvalue weighted by molar-refractivity contribution is 0.288. The van der Waals surface area contributed by atoms with Crippen LogP contribution >= 0.6 is 0 Å². The first-order valence-electron chi connectivity index (χ1n) is 5.10. The third kappa shape index (κ3) is 1.50. The van der Waals surface area contributed by atoms with Crippen LogP contribution in [0.5, 0.6) is 5.75 Å². The number of benzene rings is 1. The lowest BCUT2D eigenvalue weighted by atomic mass is 10.0. The smallest absolute Gasteiger partial charge is 0.166 e. The van der Waals surface area contributed by atoms with E-state index in [0.29, 0.717) is 0 Å². The van der Waals surface area contributed by atoms with Gasteiger partial charge in [-0.15, -0.1) is 0 Å². The fourth-order valence-electron chi connectivity index (χ4n) is 1.88. The zero-order valence-electron chi connectivity index (χ0n) is 8.27. The number of hydrogen-bond acceptors (Lipinski definition) is 3. The van der Waals surface area contributed by atoms with Crippen LogP contribution in [0.25, 0.3) is 11.3 Å². The second-order valence-electron chi connectivity index (χ2n) is 3.65. The van der Waals surface area contributed by atoms with Gasteiger partial charge in [0.25, 0.3) is 0 Å². The Morgan fingerprint density at radius 3 is 3.07 bits per heavy atom. The van der Waals surface area contributed by atoms with E-state index >= 15 is 0 Å². The van der Waals surface area contributed by atoms with Crippen molar-refractivity contribution in [2.75, 3.05) is 6.61 Å². The van der Waals surface area contributed by atoms with Crippen LogP contribution in [0.4, 0.5) is 0 Å². The van der Waals surface area contributed by atoms with E-state index < -0.39 is 0 Å². The molecule has 1 aromatic heterocycles. The van der Waals surface area contributed by atoms with Gasteiger partial charge in [0.1, 0.15) is 5.75 Å². The summed E-state index contributed by atoms with van der Waals surface area (Å²) in [5.41, 5.74) is 2.33. The summed E-state index contributed by atoms with van der Waals surface area (Å²) in [6.45, 7) is 0.828. The Morgan fingerprint density at radius 1 is 1.20 bits per heavy atom. The number of aryl methyl sites for hydroxylation is 1. The van der Waals surface area contributed by atoms with Crippen LogP contribution < -0.4 is 4.74 Å². The van der Waals surface area contributed by atoms with Crippen molar-refractivity contribution in [1.82, 2.24) is 5.16 Å². The zero-order valence-corrected chi connectivity index (χ0v) is 8.27. The molecule has 2 heterocycles. The van der Waals surface area contributed by atoms with E-state index in [1.54, 1.807) is 6.20 Å². The van der Waals surface area contributed by atoms with Crippen molar-refractivity contribution in [3.63, 3.8) is 0 Å². The molecule has 3 rings (SSSR count). The van der Waals surface area contributed by atoms with E-state index in [2.05, 4.69) is 11.2 Å². The van der Waals surface area contributed by atoms with Gasteiger partial charge in [0.05, 0.1) is 12.8 Å². The Kier molecular flexibility index (Phi) is 1.95. The SMILES string of the molecule is c1cc(-c2ccc3c(c2)CCCO3)on1. The van der Waals surface area contributed by atoms with E-state index in [9.17, 15) is 0 Å². The van der Waals surface area contributed by atoms with E-state index in [1.807, 2.05) is 18.2 Å². The Labute approximate surface area is 87.7 Å². The van der Waals surface area contributed by atoms with Crippen molar-refractivity contribution in [3.8, 4) is 17.1 Å². The highest BCUT2D eigenvalue weighted by molar-refractivity contribution is 5.60. The third-order valence-corrected chi connectivity index (χ3v) is 2.63. The molecule has 0 fully saturated rings. The molecule has 0 bridgehead atoms. The van der Waals surface area contributed by atoms with Crippen molar-refractivity contribution in [3.05, 3.63) is 36.0 Å². The van der Waals surface area contributed by atoms with Crippen LogP contribution in [0.3, 0.4) is 0 Å². The molecule has 0 spiro atoms. The molecule has 0 saturated heterocycles. The van der Waals surface area contributed by atoms with Gasteiger partial charge < -0.3 is 9.26 Å². The molecule has 1 aliphatic rings. The summed E-state index contributed by atoms with van der Waals surface area (Å²) in [5.74, 6) is 1.81. The molecule has 2 aromatic rings. The molecule has 0 saturated carbocycles. The van der Waals surface area contributed by atoms with E-state index in [1.165, 1.54) is 5.56 Å². The van der Waals surface area contributed by atoms with Gasteiger partial charge in [-0.25, -0.2) is 0 Å². The Bertz CT molecular complexity index is 462. The molecule has 1 aliphatic heterocycles. The van der Waals surface area contributed by atoms with Gasteiger partial charge in [-0.1, -0.05) is 5.16 Å². The first-order valence-corrected chi connectivity index (χ1v) is 5.10. The largest absolute Gasteiger partial charge is 0.493 e. The second-order valence-corrected chi connectivity index (χ2v) is 3.65. The number of rotatable bonds is 1. The average Bonchev–Trinajstić information content (AvgIpc) is 2.82. The first kappa shape index (κ1) is 8.53. The molecular formula is C12H11NO2. The number of nitrogens with zero attached hydrogens (tertiary/aromatic N) is 1. The van der Waals surface area contributed by atoms with Crippen molar-refractivity contribution in [1.29, 1.82) is 0 Å². The Morgan fingerprint density at radius 2 is 2.20 bits per heavy atom. The monoisotopic (exact) mass is 201 g/mol. The van der Waals surface area contributed by atoms with Crippen LogP contribution in [0, 0.1) is 0 Å². The maximum atomic E-state index is 5.55. The fourth-order valence-corrected chi connectivity index (χ4v) is 1.88. The number of hydrogen-bond donors (Lipinski definition) is 0. The highest BCUT2D eigenvalue weighted by Crippen LogP contribution is 2.29. The van der Waals surface area contributed by atoms with Gasteiger partial charge in [0.15, 0.2) is 5.76 Å². The van der Waals surface area contributed by atoms with Gasteiger partial charge in [0, 0.05) is 11.6 Å². The number of fused-ring (bicyclic) bond motifs is 1. The predicted octanol–water partition coefficient (Wildman–Crippen LogP) is 2.67. The number of aromatic nitrogens is 1. The van der Waals surface area contributed by atoms with Crippen LogP contribution in [-0.4, -0.2) is 11.8 Å². The minimum absolute atomic E-state index is 0.809. The zero-order chi connectivity index (χ0) is 10.1. The summed E-state index contributed by atoms with van der Waals surface area (Å²) in [6, 6.07) is 8.00. The average molecular weight is 201 g/mol. The first-order chi connectivity index (χ1) is 7.43. The second kappa shape index (κ2) is 3.42. The quantitative estimate of drug-likeness (QED) is 0.711. The molecule has 3 nitrogen and oxygen atoms in total. The molecule has 0 radical (unpaired) electrons. The normalized spacial score (nSPS) is 14.4. The summed E-state index contributed by atoms with van der Waals surface area (Å²) in [4.78, 5) is 0. The summed E-state index contributed by atoms with van der Waals surface area (Å²) in [5, 5.41) is 3.70. The molecule has 15 heavy (non-hydrogen) atoms. The van der Waals surface area contributed by atoms with Crippen LogP contribution in [0.1, 0.15) is 12.0 Å². The van der Waals surface area contributed by atoms with Crippen molar-refractivity contribution >= 4 is 0 Å². The van der Waals surface area contributed by atoms with Crippen LogP contribution in [-0.2, 0) is 6.42 Å².